The van der Waals surface area contributed by atoms with Gasteiger partial charge in [0.25, 0.3) is 5.97 Å². The lowest BCUT2D eigenvalue weighted by molar-refractivity contribution is -0.344. The van der Waals surface area contributed by atoms with Crippen LogP contribution in [0.4, 0.5) is 26.3 Å². The predicted octanol–water partition coefficient (Wildman–Crippen LogP) is 6.82. The molecule has 0 saturated heterocycles. The smallest absolute Gasteiger partial charge is 0.343 e. The van der Waals surface area contributed by atoms with Gasteiger partial charge in [-0.05, 0) is 49.4 Å². The van der Waals surface area contributed by atoms with Crippen LogP contribution in [-0.2, 0) is 18.8 Å². The van der Waals surface area contributed by atoms with E-state index in [4.69, 9.17) is 0 Å². The molecule has 0 aliphatic heterocycles. The largest absolute Gasteiger partial charge is 0.416 e. The van der Waals surface area contributed by atoms with E-state index in [0.29, 0.717) is 32.1 Å². The van der Waals surface area contributed by atoms with Crippen molar-refractivity contribution < 1.29 is 41.7 Å². The molecule has 0 amide bonds. The van der Waals surface area contributed by atoms with Gasteiger partial charge in [-0.3, -0.25) is 0 Å². The number of benzene rings is 1. The van der Waals surface area contributed by atoms with Gasteiger partial charge >= 0.3 is 12.4 Å². The Morgan fingerprint density at radius 3 is 1.53 bits per heavy atom. The molecule has 9 heteroatoms. The van der Waals surface area contributed by atoms with Gasteiger partial charge in [-0.25, -0.2) is 0 Å². The summed E-state index contributed by atoms with van der Waals surface area (Å²) in [4.78, 5) is 0. The van der Waals surface area contributed by atoms with E-state index < -0.39 is 35.4 Å². The minimum Gasteiger partial charge on any atom is -0.343 e. The second-order valence-corrected chi connectivity index (χ2v) is 8.45. The van der Waals surface area contributed by atoms with Crippen molar-refractivity contribution in [2.24, 2.45) is 5.92 Å². The molecule has 0 radical (unpaired) electrons. The maximum atomic E-state index is 12.9. The summed E-state index contributed by atoms with van der Waals surface area (Å²) in [7, 11) is 0. The molecule has 3 nitrogen and oxygen atoms in total. The summed E-state index contributed by atoms with van der Waals surface area (Å²) < 4.78 is 77.6. The zero-order valence-electron chi connectivity index (χ0n) is 18.4. The predicted molar refractivity (Wildman–Crippen MR) is 109 cm³/mol. The first kappa shape index (κ1) is 28.7. The summed E-state index contributed by atoms with van der Waals surface area (Å²) in [5.41, 5.74) is -2.70. The summed E-state index contributed by atoms with van der Waals surface area (Å²) in [6, 6.07) is 1.58. The van der Waals surface area contributed by atoms with Gasteiger partial charge in [0.2, 0.25) is 0 Å². The lowest BCUT2D eigenvalue weighted by atomic mass is 9.91. The van der Waals surface area contributed by atoms with Crippen LogP contribution in [0.1, 0.15) is 94.2 Å². The number of alkyl halides is 6. The molecule has 0 fully saturated rings. The van der Waals surface area contributed by atoms with Crippen molar-refractivity contribution in [2.75, 3.05) is 0 Å². The average Bonchev–Trinajstić information content (AvgIpc) is 2.66. The highest BCUT2D eigenvalue weighted by Crippen LogP contribution is 2.36. The Morgan fingerprint density at radius 2 is 1.09 bits per heavy atom. The second kappa shape index (κ2) is 12.8. The van der Waals surface area contributed by atoms with Gasteiger partial charge in [-0.2, -0.15) is 26.3 Å². The quantitative estimate of drug-likeness (QED) is 0.158. The van der Waals surface area contributed by atoms with Gasteiger partial charge in [-0.15, -0.1) is 0 Å². The van der Waals surface area contributed by atoms with E-state index in [1.165, 1.54) is 0 Å². The number of unbranched alkanes of at least 4 members (excludes halogenated alkanes) is 7. The molecule has 0 aliphatic carbocycles. The van der Waals surface area contributed by atoms with Crippen LogP contribution in [-0.4, -0.2) is 21.3 Å². The third kappa shape index (κ3) is 11.0. The molecule has 32 heavy (non-hydrogen) atoms. The average molecular weight is 473 g/mol. The van der Waals surface area contributed by atoms with Crippen molar-refractivity contribution in [2.45, 2.75) is 102 Å². The molecule has 0 bridgehead atoms. The molecule has 0 aliphatic rings. The topological polar surface area (TPSA) is 60.7 Å². The lowest BCUT2D eigenvalue weighted by Crippen LogP contribution is -2.37. The van der Waals surface area contributed by atoms with Gasteiger partial charge in [0.1, 0.15) is 0 Å². The number of halogens is 6. The summed E-state index contributed by atoms with van der Waals surface area (Å²) >= 11 is 0. The van der Waals surface area contributed by atoms with E-state index in [0.717, 1.165) is 50.7 Å². The van der Waals surface area contributed by atoms with Crippen LogP contribution in [0.2, 0.25) is 0 Å². The first-order valence-electron chi connectivity index (χ1n) is 11.2. The van der Waals surface area contributed by atoms with Gasteiger partial charge in [-0.1, -0.05) is 58.3 Å². The van der Waals surface area contributed by atoms with Crippen molar-refractivity contribution in [1.82, 2.24) is 0 Å². The zero-order valence-corrected chi connectivity index (χ0v) is 18.4. The van der Waals surface area contributed by atoms with Crippen molar-refractivity contribution in [3.8, 4) is 0 Å². The van der Waals surface area contributed by atoms with Crippen molar-refractivity contribution in [1.29, 1.82) is 0 Å². The molecule has 1 unspecified atom stereocenters. The maximum absolute atomic E-state index is 12.9. The Hall–Kier alpha value is -1.32. The minimum absolute atomic E-state index is 0.0393. The molecular formula is C23H34F6O3. The fourth-order valence-corrected chi connectivity index (χ4v) is 3.76. The normalized spacial score (nSPS) is 14.1. The number of aryl methyl sites for hydroxylation is 1. The molecular weight excluding hydrogens is 438 g/mol. The van der Waals surface area contributed by atoms with E-state index in [1.54, 1.807) is 0 Å². The van der Waals surface area contributed by atoms with Crippen LogP contribution < -0.4 is 0 Å². The van der Waals surface area contributed by atoms with Gasteiger partial charge < -0.3 is 15.3 Å². The van der Waals surface area contributed by atoms with E-state index in [9.17, 15) is 41.7 Å². The third-order valence-electron chi connectivity index (χ3n) is 5.62. The summed E-state index contributed by atoms with van der Waals surface area (Å²) in [5.74, 6) is -3.55. The zero-order chi connectivity index (χ0) is 24.4. The molecule has 0 aromatic heterocycles. The highest BCUT2D eigenvalue weighted by molar-refractivity contribution is 5.33. The van der Waals surface area contributed by atoms with Crippen LogP contribution in [0.5, 0.6) is 0 Å². The standard InChI is InChI=1S/C23H34F6O3/c1-2-3-4-5-6-9-12-18(23(30,31)32)13-10-7-8-11-17-14-19(21(24,25)26)16-20(15-17)22(27,28)29/h14-16,18,30-32H,2-13H2,1H3. The second-order valence-electron chi connectivity index (χ2n) is 8.45. The fourth-order valence-electron chi connectivity index (χ4n) is 3.76. The molecule has 186 valence electrons. The number of rotatable bonds is 14. The number of hydrogen-bond donors (Lipinski definition) is 3. The Morgan fingerprint density at radius 1 is 0.656 bits per heavy atom. The molecule has 1 aromatic carbocycles. The molecule has 0 heterocycles. The summed E-state index contributed by atoms with van der Waals surface area (Å²) in [6.07, 6.45) is -1.62. The van der Waals surface area contributed by atoms with Crippen LogP contribution in [0, 0.1) is 5.92 Å². The number of aliphatic hydroxyl groups is 3. The Bertz CT molecular complexity index is 633. The highest BCUT2D eigenvalue weighted by atomic mass is 19.4. The lowest BCUT2D eigenvalue weighted by Gasteiger charge is -2.26. The van der Waals surface area contributed by atoms with Crippen molar-refractivity contribution in [3.63, 3.8) is 0 Å². The number of hydrogen-bond acceptors (Lipinski definition) is 3. The molecule has 1 atom stereocenters. The van der Waals surface area contributed by atoms with Crippen LogP contribution in [0.3, 0.4) is 0 Å². The SMILES string of the molecule is CCCCCCCCC(CCCCCc1cc(C(F)(F)F)cc(C(F)(F)F)c1)C(O)(O)O. The van der Waals surface area contributed by atoms with Crippen LogP contribution in [0.25, 0.3) is 0 Å². The van der Waals surface area contributed by atoms with E-state index in [2.05, 4.69) is 6.92 Å². The van der Waals surface area contributed by atoms with Gasteiger partial charge in [0, 0.05) is 5.92 Å². The molecule has 1 rings (SSSR count). The molecule has 0 saturated carbocycles. The van der Waals surface area contributed by atoms with E-state index >= 15 is 0 Å². The van der Waals surface area contributed by atoms with Crippen molar-refractivity contribution in [3.05, 3.63) is 34.9 Å². The monoisotopic (exact) mass is 472 g/mol. The van der Waals surface area contributed by atoms with Gasteiger partial charge in [0.05, 0.1) is 11.1 Å². The highest BCUT2D eigenvalue weighted by Gasteiger charge is 2.36. The summed E-state index contributed by atoms with van der Waals surface area (Å²) in [5, 5.41) is 28.7. The Labute approximate surface area is 185 Å². The van der Waals surface area contributed by atoms with Crippen molar-refractivity contribution >= 4 is 0 Å². The van der Waals surface area contributed by atoms with E-state index in [1.807, 2.05) is 0 Å². The van der Waals surface area contributed by atoms with Crippen LogP contribution >= 0.6 is 0 Å². The van der Waals surface area contributed by atoms with E-state index in [-0.39, 0.29) is 18.1 Å². The first-order chi connectivity index (χ1) is 14.7. The fraction of sp³-hybridized carbons (Fsp3) is 0.739. The molecule has 3 N–H and O–H groups in total. The Kier molecular flexibility index (Phi) is 11.5. The third-order valence-corrected chi connectivity index (χ3v) is 5.62. The molecule has 1 aromatic rings. The summed E-state index contributed by atoms with van der Waals surface area (Å²) in [6.45, 7) is 2.11. The van der Waals surface area contributed by atoms with Crippen LogP contribution in [0.15, 0.2) is 18.2 Å². The molecule has 0 spiro atoms. The first-order valence-corrected chi connectivity index (χ1v) is 11.2. The Balaban J connectivity index is 2.55. The van der Waals surface area contributed by atoms with Gasteiger partial charge in [0.15, 0.2) is 0 Å². The maximum Gasteiger partial charge on any atom is 0.416 e. The minimum atomic E-state index is -4.87.